The zero-order valence-corrected chi connectivity index (χ0v) is 9.51. The van der Waals surface area contributed by atoms with E-state index >= 15 is 0 Å². The van der Waals surface area contributed by atoms with E-state index in [2.05, 4.69) is 28.8 Å². The van der Waals surface area contributed by atoms with Crippen LogP contribution in [0.2, 0.25) is 0 Å². The summed E-state index contributed by atoms with van der Waals surface area (Å²) in [6.45, 7) is 5.87. The molecule has 0 spiro atoms. The Morgan fingerprint density at radius 2 is 2.31 bits per heavy atom. The summed E-state index contributed by atoms with van der Waals surface area (Å²) < 4.78 is 4.43. The summed E-state index contributed by atoms with van der Waals surface area (Å²) >= 11 is 0. The molecule has 0 bridgehead atoms. The molecule has 6 nitrogen and oxygen atoms in total. The van der Waals surface area contributed by atoms with Gasteiger partial charge in [-0.25, -0.2) is 4.63 Å². The standard InChI is InChI=1S/C10H16N4O2/c1-6(2)7-3-4-14(5-7)10(15)8-9(11)13-16-12-8/h6-7H,3-5H2,1-2H3,(H2,11,13). The molecule has 6 heteroatoms. The normalized spacial score (nSPS) is 20.7. The van der Waals surface area contributed by atoms with Crippen LogP contribution in [0.15, 0.2) is 4.63 Å². The summed E-state index contributed by atoms with van der Waals surface area (Å²) in [6.07, 6.45) is 1.04. The molecule has 2 N–H and O–H groups in total. The van der Waals surface area contributed by atoms with Crippen LogP contribution in [0.1, 0.15) is 30.8 Å². The van der Waals surface area contributed by atoms with Crippen molar-refractivity contribution in [2.45, 2.75) is 20.3 Å². The van der Waals surface area contributed by atoms with Gasteiger partial charge in [0.05, 0.1) is 0 Å². The second kappa shape index (κ2) is 4.11. The van der Waals surface area contributed by atoms with Crippen molar-refractivity contribution in [1.29, 1.82) is 0 Å². The van der Waals surface area contributed by atoms with Crippen LogP contribution >= 0.6 is 0 Å². The molecule has 1 saturated heterocycles. The maximum absolute atomic E-state index is 12.0. The number of anilines is 1. The maximum Gasteiger partial charge on any atom is 0.280 e. The Bertz CT molecular complexity index is 388. The summed E-state index contributed by atoms with van der Waals surface area (Å²) in [4.78, 5) is 13.7. The van der Waals surface area contributed by atoms with E-state index < -0.39 is 0 Å². The molecule has 2 heterocycles. The number of rotatable bonds is 2. The predicted octanol–water partition coefficient (Wildman–Crippen LogP) is 0.770. The van der Waals surface area contributed by atoms with E-state index in [1.165, 1.54) is 0 Å². The fraction of sp³-hybridized carbons (Fsp3) is 0.700. The quantitative estimate of drug-likeness (QED) is 0.802. The van der Waals surface area contributed by atoms with Crippen molar-refractivity contribution in [3.63, 3.8) is 0 Å². The van der Waals surface area contributed by atoms with Gasteiger partial charge in [-0.2, -0.15) is 0 Å². The number of aromatic nitrogens is 2. The van der Waals surface area contributed by atoms with Crippen molar-refractivity contribution in [3.8, 4) is 0 Å². The van der Waals surface area contributed by atoms with Gasteiger partial charge in [0, 0.05) is 13.1 Å². The third kappa shape index (κ3) is 1.87. The van der Waals surface area contributed by atoms with Crippen molar-refractivity contribution in [3.05, 3.63) is 5.69 Å². The molecule has 1 aliphatic rings. The fourth-order valence-corrected chi connectivity index (χ4v) is 2.01. The van der Waals surface area contributed by atoms with Crippen LogP contribution in [0.5, 0.6) is 0 Å². The molecule has 1 atom stereocenters. The second-order valence-electron chi connectivity index (χ2n) is 4.54. The summed E-state index contributed by atoms with van der Waals surface area (Å²) in [5.41, 5.74) is 5.62. The van der Waals surface area contributed by atoms with Crippen molar-refractivity contribution in [2.75, 3.05) is 18.8 Å². The molecular weight excluding hydrogens is 208 g/mol. The van der Waals surface area contributed by atoms with Crippen LogP contribution in [0.25, 0.3) is 0 Å². The van der Waals surface area contributed by atoms with E-state index in [0.717, 1.165) is 19.5 Å². The topological polar surface area (TPSA) is 85.2 Å². The van der Waals surface area contributed by atoms with Gasteiger partial charge in [0.25, 0.3) is 5.91 Å². The molecule has 0 saturated carbocycles. The molecule has 1 unspecified atom stereocenters. The predicted molar refractivity (Wildman–Crippen MR) is 57.6 cm³/mol. The number of hydrogen-bond acceptors (Lipinski definition) is 5. The average molecular weight is 224 g/mol. The van der Waals surface area contributed by atoms with Gasteiger partial charge < -0.3 is 10.6 Å². The molecule has 1 aromatic heterocycles. The molecular formula is C10H16N4O2. The number of nitrogens with two attached hydrogens (primary N) is 1. The Hall–Kier alpha value is -1.59. The summed E-state index contributed by atoms with van der Waals surface area (Å²) in [5.74, 6) is 1.04. The minimum atomic E-state index is -0.179. The highest BCUT2D eigenvalue weighted by atomic mass is 16.6. The minimum Gasteiger partial charge on any atom is -0.379 e. The van der Waals surface area contributed by atoms with Crippen LogP contribution < -0.4 is 5.73 Å². The third-order valence-electron chi connectivity index (χ3n) is 3.17. The number of likely N-dealkylation sites (tertiary alicyclic amines) is 1. The Balaban J connectivity index is 2.05. The monoisotopic (exact) mass is 224 g/mol. The van der Waals surface area contributed by atoms with Gasteiger partial charge in [-0.3, -0.25) is 4.79 Å². The van der Waals surface area contributed by atoms with Gasteiger partial charge in [-0.1, -0.05) is 13.8 Å². The van der Waals surface area contributed by atoms with Crippen molar-refractivity contribution in [1.82, 2.24) is 15.2 Å². The first-order valence-electron chi connectivity index (χ1n) is 5.47. The molecule has 2 rings (SSSR count). The molecule has 1 aliphatic heterocycles. The van der Waals surface area contributed by atoms with E-state index in [0.29, 0.717) is 11.8 Å². The average Bonchev–Trinajstić information content (AvgIpc) is 2.84. The highest BCUT2D eigenvalue weighted by Crippen LogP contribution is 2.25. The molecule has 0 radical (unpaired) electrons. The Morgan fingerprint density at radius 3 is 2.81 bits per heavy atom. The maximum atomic E-state index is 12.0. The van der Waals surface area contributed by atoms with Crippen molar-refractivity contribution < 1.29 is 9.42 Å². The number of hydrogen-bond donors (Lipinski definition) is 1. The molecule has 1 fully saturated rings. The van der Waals surface area contributed by atoms with E-state index in [4.69, 9.17) is 5.73 Å². The molecule has 0 aromatic carbocycles. The van der Waals surface area contributed by atoms with E-state index in [1.54, 1.807) is 4.90 Å². The minimum absolute atomic E-state index is 0.0676. The van der Waals surface area contributed by atoms with E-state index in [9.17, 15) is 4.79 Å². The van der Waals surface area contributed by atoms with Gasteiger partial charge >= 0.3 is 0 Å². The lowest BCUT2D eigenvalue weighted by Gasteiger charge is -2.16. The summed E-state index contributed by atoms with van der Waals surface area (Å²) in [5, 5.41) is 6.94. The first-order chi connectivity index (χ1) is 7.59. The molecule has 1 amide bonds. The van der Waals surface area contributed by atoms with Crippen LogP contribution in [-0.4, -0.2) is 34.2 Å². The lowest BCUT2D eigenvalue weighted by atomic mass is 9.95. The van der Waals surface area contributed by atoms with Crippen LogP contribution in [-0.2, 0) is 0 Å². The molecule has 16 heavy (non-hydrogen) atoms. The smallest absolute Gasteiger partial charge is 0.280 e. The van der Waals surface area contributed by atoms with Gasteiger partial charge in [-0.15, -0.1) is 0 Å². The summed E-state index contributed by atoms with van der Waals surface area (Å²) in [6, 6.07) is 0. The number of carbonyl (C=O) groups excluding carboxylic acids is 1. The van der Waals surface area contributed by atoms with Crippen molar-refractivity contribution >= 4 is 11.7 Å². The van der Waals surface area contributed by atoms with E-state index in [-0.39, 0.29) is 17.4 Å². The Labute approximate surface area is 93.7 Å². The number of amides is 1. The molecule has 88 valence electrons. The largest absolute Gasteiger partial charge is 0.379 e. The van der Waals surface area contributed by atoms with Crippen LogP contribution in [0.3, 0.4) is 0 Å². The third-order valence-corrected chi connectivity index (χ3v) is 3.17. The zero-order valence-electron chi connectivity index (χ0n) is 9.51. The highest BCUT2D eigenvalue weighted by Gasteiger charge is 2.31. The van der Waals surface area contributed by atoms with Crippen LogP contribution in [0.4, 0.5) is 5.82 Å². The summed E-state index contributed by atoms with van der Waals surface area (Å²) in [7, 11) is 0. The number of nitrogen functional groups attached to an aromatic ring is 1. The van der Waals surface area contributed by atoms with Crippen LogP contribution in [0, 0.1) is 11.8 Å². The SMILES string of the molecule is CC(C)C1CCN(C(=O)c2nonc2N)C1. The lowest BCUT2D eigenvalue weighted by molar-refractivity contribution is 0.0773. The van der Waals surface area contributed by atoms with Crippen molar-refractivity contribution in [2.24, 2.45) is 11.8 Å². The number of nitrogens with zero attached hydrogens (tertiary/aromatic N) is 3. The second-order valence-corrected chi connectivity index (χ2v) is 4.54. The Morgan fingerprint density at radius 1 is 1.56 bits per heavy atom. The van der Waals surface area contributed by atoms with Gasteiger partial charge in [0.15, 0.2) is 0 Å². The number of carbonyl (C=O) groups is 1. The first-order valence-corrected chi connectivity index (χ1v) is 5.47. The zero-order chi connectivity index (χ0) is 11.7. The Kier molecular flexibility index (Phi) is 2.80. The van der Waals surface area contributed by atoms with Gasteiger partial charge in [0.1, 0.15) is 0 Å². The molecule has 1 aromatic rings. The molecule has 0 aliphatic carbocycles. The lowest BCUT2D eigenvalue weighted by Crippen LogP contribution is -2.30. The van der Waals surface area contributed by atoms with Gasteiger partial charge in [0.2, 0.25) is 11.5 Å². The fourth-order valence-electron chi connectivity index (χ4n) is 2.01. The highest BCUT2D eigenvalue weighted by molar-refractivity contribution is 5.96. The van der Waals surface area contributed by atoms with E-state index in [1.807, 2.05) is 0 Å². The first kappa shape index (κ1) is 10.9. The van der Waals surface area contributed by atoms with Gasteiger partial charge in [-0.05, 0) is 28.6 Å².